The maximum atomic E-state index is 13.5. The Hall–Kier alpha value is -2.53. The van der Waals surface area contributed by atoms with Crippen molar-refractivity contribution < 1.29 is 14.3 Å². The van der Waals surface area contributed by atoms with Gasteiger partial charge in [0.25, 0.3) is 0 Å². The molecule has 6 heteroatoms. The number of primary amides is 1. The number of ether oxygens (including phenoxy) is 1. The largest absolute Gasteiger partial charge is 0.495 e. The summed E-state index contributed by atoms with van der Waals surface area (Å²) < 4.78 is 5.42. The Morgan fingerprint density at radius 3 is 2.30 bits per heavy atom. The van der Waals surface area contributed by atoms with Crippen molar-refractivity contribution in [2.45, 2.75) is 26.2 Å². The molecular formula is C21H25ClN2O3. The van der Waals surface area contributed by atoms with Gasteiger partial charge in [0.05, 0.1) is 18.7 Å². The summed E-state index contributed by atoms with van der Waals surface area (Å²) in [4.78, 5) is 26.5. The van der Waals surface area contributed by atoms with Gasteiger partial charge in [0.2, 0.25) is 11.8 Å². The SMILES string of the molecule is COc1ccccc1N(CCC(N)=O)C(=O)[C@@H](c1ccc(Cl)cc1)C(C)C. The maximum absolute atomic E-state index is 13.5. The highest BCUT2D eigenvalue weighted by molar-refractivity contribution is 6.30. The Balaban J connectivity index is 2.46. The molecule has 0 spiro atoms. The van der Waals surface area contributed by atoms with Crippen LogP contribution in [0.5, 0.6) is 5.75 Å². The van der Waals surface area contributed by atoms with Gasteiger partial charge in [-0.3, -0.25) is 9.59 Å². The summed E-state index contributed by atoms with van der Waals surface area (Å²) in [5.41, 5.74) is 6.82. The minimum Gasteiger partial charge on any atom is -0.495 e. The van der Waals surface area contributed by atoms with Crippen LogP contribution in [-0.4, -0.2) is 25.5 Å². The van der Waals surface area contributed by atoms with Crippen molar-refractivity contribution in [3.05, 3.63) is 59.1 Å². The Labute approximate surface area is 165 Å². The van der Waals surface area contributed by atoms with E-state index in [1.165, 1.54) is 0 Å². The Bertz CT molecular complexity index is 790. The molecule has 2 rings (SSSR count). The lowest BCUT2D eigenvalue weighted by Gasteiger charge is -2.30. The van der Waals surface area contributed by atoms with E-state index in [9.17, 15) is 9.59 Å². The average molecular weight is 389 g/mol. The van der Waals surface area contributed by atoms with Gasteiger partial charge in [-0.2, -0.15) is 0 Å². The van der Waals surface area contributed by atoms with Crippen molar-refractivity contribution in [2.24, 2.45) is 11.7 Å². The van der Waals surface area contributed by atoms with Crippen LogP contribution in [0.2, 0.25) is 5.02 Å². The van der Waals surface area contributed by atoms with Crippen LogP contribution in [-0.2, 0) is 9.59 Å². The first-order valence-corrected chi connectivity index (χ1v) is 9.21. The molecule has 0 aliphatic rings. The van der Waals surface area contributed by atoms with Crippen LogP contribution < -0.4 is 15.4 Å². The van der Waals surface area contributed by atoms with Gasteiger partial charge in [-0.25, -0.2) is 0 Å². The van der Waals surface area contributed by atoms with Crippen molar-refractivity contribution in [3.63, 3.8) is 0 Å². The summed E-state index contributed by atoms with van der Waals surface area (Å²) in [5, 5.41) is 0.615. The molecule has 2 N–H and O–H groups in total. The molecular weight excluding hydrogens is 364 g/mol. The quantitative estimate of drug-likeness (QED) is 0.742. The number of anilines is 1. The molecule has 0 bridgehead atoms. The molecule has 144 valence electrons. The van der Waals surface area contributed by atoms with Gasteiger partial charge >= 0.3 is 0 Å². The molecule has 0 radical (unpaired) electrons. The maximum Gasteiger partial charge on any atom is 0.234 e. The van der Waals surface area contributed by atoms with Crippen molar-refractivity contribution in [2.75, 3.05) is 18.6 Å². The topological polar surface area (TPSA) is 72.6 Å². The summed E-state index contributed by atoms with van der Waals surface area (Å²) in [6.45, 7) is 4.17. The number of rotatable bonds is 8. The number of nitrogens with zero attached hydrogens (tertiary/aromatic N) is 1. The zero-order valence-electron chi connectivity index (χ0n) is 15.8. The van der Waals surface area contributed by atoms with Crippen LogP contribution in [0.1, 0.15) is 31.7 Å². The summed E-state index contributed by atoms with van der Waals surface area (Å²) in [5.74, 6) is -0.355. The van der Waals surface area contributed by atoms with Gasteiger partial charge in [0.15, 0.2) is 0 Å². The Morgan fingerprint density at radius 2 is 1.74 bits per heavy atom. The molecule has 2 amide bonds. The lowest BCUT2D eigenvalue weighted by atomic mass is 9.87. The minimum atomic E-state index is -0.463. The van der Waals surface area contributed by atoms with E-state index in [1.807, 2.05) is 38.1 Å². The first kappa shape index (κ1) is 20.8. The molecule has 0 fully saturated rings. The normalized spacial score (nSPS) is 11.9. The minimum absolute atomic E-state index is 0.0458. The number of nitrogens with two attached hydrogens (primary N) is 1. The second-order valence-electron chi connectivity index (χ2n) is 6.65. The van der Waals surface area contributed by atoms with Gasteiger partial charge in [-0.1, -0.05) is 49.7 Å². The highest BCUT2D eigenvalue weighted by atomic mass is 35.5. The number of benzene rings is 2. The van der Waals surface area contributed by atoms with Gasteiger partial charge in [-0.05, 0) is 35.7 Å². The number of methoxy groups -OCH3 is 1. The number of hydrogen-bond acceptors (Lipinski definition) is 3. The third-order valence-electron chi connectivity index (χ3n) is 4.39. The van der Waals surface area contributed by atoms with Gasteiger partial charge in [-0.15, -0.1) is 0 Å². The lowest BCUT2D eigenvalue weighted by molar-refractivity contribution is -0.121. The molecule has 27 heavy (non-hydrogen) atoms. The van der Waals surface area contributed by atoms with Gasteiger partial charge < -0.3 is 15.4 Å². The molecule has 0 heterocycles. The second kappa shape index (κ2) is 9.42. The molecule has 0 unspecified atom stereocenters. The van der Waals surface area contributed by atoms with Crippen LogP contribution >= 0.6 is 11.6 Å². The molecule has 0 aliphatic heterocycles. The van der Waals surface area contributed by atoms with Crippen molar-refractivity contribution in [3.8, 4) is 5.75 Å². The molecule has 0 aliphatic carbocycles. The van der Waals surface area contributed by atoms with Crippen LogP contribution in [0.3, 0.4) is 0 Å². The van der Waals surface area contributed by atoms with E-state index in [0.29, 0.717) is 16.5 Å². The fourth-order valence-corrected chi connectivity index (χ4v) is 3.20. The predicted octanol–water partition coefficient (Wildman–Crippen LogP) is 4.00. The zero-order chi connectivity index (χ0) is 20.0. The van der Waals surface area contributed by atoms with Gasteiger partial charge in [0.1, 0.15) is 5.75 Å². The zero-order valence-corrected chi connectivity index (χ0v) is 16.6. The van der Waals surface area contributed by atoms with Crippen molar-refractivity contribution in [1.29, 1.82) is 0 Å². The smallest absolute Gasteiger partial charge is 0.234 e. The van der Waals surface area contributed by atoms with Crippen LogP contribution in [0, 0.1) is 5.92 Å². The lowest BCUT2D eigenvalue weighted by Crippen LogP contribution is -2.39. The summed E-state index contributed by atoms with van der Waals surface area (Å²) in [6, 6.07) is 14.5. The van der Waals surface area contributed by atoms with E-state index in [2.05, 4.69) is 0 Å². The standard InChI is InChI=1S/C21H25ClN2O3/c1-14(2)20(15-8-10-16(22)11-9-15)21(26)24(13-12-19(23)25)17-6-4-5-7-18(17)27-3/h4-11,14,20H,12-13H2,1-3H3,(H2,23,25)/t20-/m1/s1. The van der Waals surface area contributed by atoms with E-state index >= 15 is 0 Å². The third kappa shape index (κ3) is 5.23. The number of halogens is 1. The van der Waals surface area contributed by atoms with Crippen LogP contribution in [0.4, 0.5) is 5.69 Å². The predicted molar refractivity (Wildman–Crippen MR) is 108 cm³/mol. The van der Waals surface area contributed by atoms with Crippen LogP contribution in [0.15, 0.2) is 48.5 Å². The van der Waals surface area contributed by atoms with E-state index in [0.717, 1.165) is 5.56 Å². The first-order chi connectivity index (χ1) is 12.8. The molecule has 2 aromatic rings. The van der Waals surface area contributed by atoms with E-state index in [4.69, 9.17) is 22.1 Å². The molecule has 5 nitrogen and oxygen atoms in total. The highest BCUT2D eigenvalue weighted by Gasteiger charge is 2.31. The molecule has 0 saturated heterocycles. The number of carbonyl (C=O) groups is 2. The molecule has 0 saturated carbocycles. The van der Waals surface area contributed by atoms with Crippen molar-refractivity contribution >= 4 is 29.1 Å². The monoisotopic (exact) mass is 388 g/mol. The first-order valence-electron chi connectivity index (χ1n) is 8.83. The van der Waals surface area contributed by atoms with Crippen LogP contribution in [0.25, 0.3) is 0 Å². The number of para-hydroxylation sites is 2. The Morgan fingerprint density at radius 1 is 1.11 bits per heavy atom. The number of hydrogen-bond donors (Lipinski definition) is 1. The average Bonchev–Trinajstić information content (AvgIpc) is 2.63. The summed E-state index contributed by atoms with van der Waals surface area (Å²) in [6.07, 6.45) is 0.0647. The summed E-state index contributed by atoms with van der Waals surface area (Å²) >= 11 is 5.99. The molecule has 0 aromatic heterocycles. The Kier molecular flexibility index (Phi) is 7.25. The number of carbonyl (C=O) groups excluding carboxylic acids is 2. The van der Waals surface area contributed by atoms with Crippen molar-refractivity contribution in [1.82, 2.24) is 0 Å². The third-order valence-corrected chi connectivity index (χ3v) is 4.64. The fourth-order valence-electron chi connectivity index (χ4n) is 3.07. The fraction of sp³-hybridized carbons (Fsp3) is 0.333. The summed E-state index contributed by atoms with van der Waals surface area (Å²) in [7, 11) is 1.55. The highest BCUT2D eigenvalue weighted by Crippen LogP contribution is 2.34. The number of amides is 2. The molecule has 2 aromatic carbocycles. The second-order valence-corrected chi connectivity index (χ2v) is 7.09. The van der Waals surface area contributed by atoms with E-state index in [1.54, 1.807) is 36.3 Å². The van der Waals surface area contributed by atoms with E-state index in [-0.39, 0.29) is 30.7 Å². The molecule has 1 atom stereocenters. The van der Waals surface area contributed by atoms with Gasteiger partial charge in [0, 0.05) is 18.0 Å². The van der Waals surface area contributed by atoms with E-state index < -0.39 is 5.91 Å².